The SMILES string of the molecule is C.CN(C)c1ccc2c(c1)[Si](C)(C)C1=CC(=[N+](C)C)C=CC1=C2c1cc(C(=O)NCCc2ccc(S(N)(=O)=O)cc2)sc1C(=O)O.CN(C)c1ccc2c(c1)[Si](C)(C)C1=CC(=[N+](C)C)C=CC1=C2c1cc(C(=O)O)sc1C(=O)O.NCCc1ccc(S(N)(=O)=O)cc1. The van der Waals surface area contributed by atoms with Crippen molar-refractivity contribution >= 4 is 127 Å². The molecule has 10 N–H and O–H groups in total. The average molecular weight is 1360 g/mol. The number of allylic oxidation sites excluding steroid dienone is 10. The zero-order chi connectivity index (χ0) is 67.0. The summed E-state index contributed by atoms with van der Waals surface area (Å²) in [6.45, 7) is 10.1. The number of thiophene rings is 2. The minimum Gasteiger partial charge on any atom is -0.477 e. The minimum absolute atomic E-state index is 0. The first-order valence-electron chi connectivity index (χ1n) is 28.8. The Morgan fingerprint density at radius 1 is 0.533 bits per heavy atom. The van der Waals surface area contributed by atoms with E-state index in [1.165, 1.54) is 51.1 Å². The summed E-state index contributed by atoms with van der Waals surface area (Å²) in [5.41, 5.74) is 18.1. The second-order valence-corrected chi connectivity index (χ2v) is 37.9. The van der Waals surface area contributed by atoms with Crippen LogP contribution in [-0.4, -0.2) is 162 Å². The number of benzene rings is 4. The predicted octanol–water partition coefficient (Wildman–Crippen LogP) is 7.77. The van der Waals surface area contributed by atoms with E-state index in [0.717, 1.165) is 96.4 Å². The lowest BCUT2D eigenvalue weighted by atomic mass is 9.89. The number of carbonyl (C=O) groups excluding carboxylic acids is 1. The van der Waals surface area contributed by atoms with Gasteiger partial charge in [0.25, 0.3) is 5.91 Å². The number of anilines is 2. The van der Waals surface area contributed by atoms with Gasteiger partial charge in [-0.15, -0.1) is 22.7 Å². The van der Waals surface area contributed by atoms with Gasteiger partial charge in [0.15, 0.2) is 11.4 Å². The van der Waals surface area contributed by atoms with E-state index in [9.17, 15) is 51.3 Å². The number of carboxylic acid groups (broad SMARTS) is 3. The zero-order valence-electron chi connectivity index (χ0n) is 52.8. The van der Waals surface area contributed by atoms with Crippen LogP contribution in [0.15, 0.2) is 165 Å². The summed E-state index contributed by atoms with van der Waals surface area (Å²) in [7, 11) is 4.31. The Hall–Kier alpha value is -8.25. The van der Waals surface area contributed by atoms with Crippen LogP contribution in [0.5, 0.6) is 0 Å². The third-order valence-electron chi connectivity index (χ3n) is 16.3. The van der Waals surface area contributed by atoms with Crippen LogP contribution in [0.4, 0.5) is 11.4 Å². The number of rotatable bonds is 15. The molecule has 484 valence electrons. The van der Waals surface area contributed by atoms with E-state index in [2.05, 4.69) is 111 Å². The molecule has 2 aromatic heterocycles. The fraction of sp³-hybridized carbons (Fsp3) is 0.254. The number of fused-ring (bicyclic) bond motifs is 4. The standard InChI is InChI=1S/C33H36N4O5S2Si.C25H26N2O4SSi.C8H12N2O2S.CH4/c1-36(2)21-9-13-24-28(17-21)45(5,6)29-18-22(37(3)4)10-14-25(29)30(24)26-19-27(43-31(26)33(39)40)32(38)35-16-15-20-7-11-23(12-8-20)44(34,41)42;1-26(2)14-7-9-16-20(11-14)33(5,6)21-12-15(27(3)4)8-10-17(21)22(16)18-13-19(24(28)29)32-23(18)25(30)31;9-6-5-7-1-3-8(4-2-7)13(10,11)12;/h7-14,17-19H,15-16H2,1-6H3,(H3-,34,35,38,39,40,41,42);7-13H,1-6H3,(H-,28,29,30,31);1-4H,5-6,9H2,(H2,10,11,12);1H4/p+2. The van der Waals surface area contributed by atoms with Crippen LogP contribution in [0.2, 0.25) is 26.2 Å². The van der Waals surface area contributed by atoms with E-state index in [0.29, 0.717) is 29.0 Å². The highest BCUT2D eigenvalue weighted by molar-refractivity contribution is 7.89. The van der Waals surface area contributed by atoms with Crippen molar-refractivity contribution in [3.63, 3.8) is 0 Å². The molecule has 6 aromatic rings. The number of hydrogen-bond donors (Lipinski definition) is 7. The lowest BCUT2D eigenvalue weighted by Crippen LogP contribution is -2.49. The number of carbonyl (C=O) groups is 4. The molecule has 2 aliphatic heterocycles. The molecule has 25 heteroatoms. The van der Waals surface area contributed by atoms with Crippen LogP contribution in [0, 0.1) is 0 Å². The predicted molar refractivity (Wildman–Crippen MR) is 377 cm³/mol. The molecule has 0 spiro atoms. The number of hydrogen-bond acceptors (Lipinski definition) is 13. The van der Waals surface area contributed by atoms with Crippen LogP contribution >= 0.6 is 22.7 Å². The Morgan fingerprint density at radius 2 is 0.913 bits per heavy atom. The molecule has 0 radical (unpaired) electrons. The summed E-state index contributed by atoms with van der Waals surface area (Å²) >= 11 is 1.78. The van der Waals surface area contributed by atoms with Gasteiger partial charge in [0, 0.05) is 81.5 Å². The van der Waals surface area contributed by atoms with Crippen molar-refractivity contribution in [2.24, 2.45) is 16.0 Å². The van der Waals surface area contributed by atoms with Crippen molar-refractivity contribution in [1.82, 2.24) is 5.32 Å². The van der Waals surface area contributed by atoms with Gasteiger partial charge >= 0.3 is 17.9 Å². The molecule has 4 heterocycles. The largest absolute Gasteiger partial charge is 0.477 e. The topological polar surface area (TPSA) is 300 Å². The molecule has 0 unspecified atom stereocenters. The minimum atomic E-state index is -3.78. The van der Waals surface area contributed by atoms with E-state index >= 15 is 0 Å². The Balaban J connectivity index is 0.000000223. The van der Waals surface area contributed by atoms with Crippen LogP contribution in [0.25, 0.3) is 11.1 Å². The van der Waals surface area contributed by atoms with Crippen LogP contribution in [0.3, 0.4) is 0 Å². The van der Waals surface area contributed by atoms with Gasteiger partial charge in [0.1, 0.15) is 59.0 Å². The molecule has 4 aliphatic rings. The van der Waals surface area contributed by atoms with Gasteiger partial charge < -0.3 is 36.2 Å². The number of primary sulfonamides is 2. The van der Waals surface area contributed by atoms with Crippen molar-refractivity contribution in [2.45, 2.75) is 56.2 Å². The molecule has 92 heavy (non-hydrogen) atoms. The van der Waals surface area contributed by atoms with Gasteiger partial charge in [-0.2, -0.15) is 0 Å². The molecule has 10 rings (SSSR count). The first-order chi connectivity index (χ1) is 42.6. The summed E-state index contributed by atoms with van der Waals surface area (Å²) in [5, 5.41) is 47.7. The number of nitrogens with zero attached hydrogens (tertiary/aromatic N) is 4. The van der Waals surface area contributed by atoms with Gasteiger partial charge in [-0.05, 0) is 158 Å². The van der Waals surface area contributed by atoms with Gasteiger partial charge in [-0.3, -0.25) is 4.79 Å². The Kier molecular flexibility index (Phi) is 21.6. The van der Waals surface area contributed by atoms with E-state index in [4.69, 9.17) is 16.0 Å². The Morgan fingerprint density at radius 3 is 1.26 bits per heavy atom. The summed E-state index contributed by atoms with van der Waals surface area (Å²) in [6, 6.07) is 28.4. The molecule has 0 fully saturated rings. The first kappa shape index (κ1) is 71.2. The summed E-state index contributed by atoms with van der Waals surface area (Å²) in [6.07, 6.45) is 13.9. The summed E-state index contributed by atoms with van der Waals surface area (Å²) in [4.78, 5) is 54.6. The number of aromatic carboxylic acids is 3. The second-order valence-electron chi connectivity index (χ2n) is 24.0. The van der Waals surface area contributed by atoms with Gasteiger partial charge in [-0.1, -0.05) is 70.0 Å². The fourth-order valence-corrected chi connectivity index (χ4v) is 20.2. The van der Waals surface area contributed by atoms with Crippen LogP contribution < -0.4 is 41.5 Å². The van der Waals surface area contributed by atoms with Crippen molar-refractivity contribution in [3.05, 3.63) is 208 Å². The fourth-order valence-electron chi connectivity index (χ4n) is 11.3. The maximum atomic E-state index is 13.3. The quantitative estimate of drug-likeness (QED) is 0.0382. The molecule has 4 aromatic carbocycles. The average Bonchev–Trinajstić information content (AvgIpc) is 0.973. The zero-order valence-corrected chi connectivity index (χ0v) is 58.1. The molecule has 2 aliphatic carbocycles. The lowest BCUT2D eigenvalue weighted by molar-refractivity contribution is -0.462. The maximum absolute atomic E-state index is 13.3. The third-order valence-corrected chi connectivity index (χ3v) is 27.4. The lowest BCUT2D eigenvalue weighted by Gasteiger charge is -2.38. The molecule has 0 bridgehead atoms. The first-order valence-corrected chi connectivity index (χ1v) is 39.5. The maximum Gasteiger partial charge on any atom is 0.346 e. The number of nitrogens with two attached hydrogens (primary N) is 3. The second kappa shape index (κ2) is 27.9. The number of sulfonamides is 2. The van der Waals surface area contributed by atoms with Gasteiger partial charge in [0.05, 0.1) is 14.7 Å². The van der Waals surface area contributed by atoms with Crippen LogP contribution in [0.1, 0.15) is 79.5 Å². The Labute approximate surface area is 548 Å². The van der Waals surface area contributed by atoms with E-state index in [-0.39, 0.29) is 44.3 Å². The smallest absolute Gasteiger partial charge is 0.346 e. The highest BCUT2D eigenvalue weighted by Gasteiger charge is 2.43. The third kappa shape index (κ3) is 15.0. The highest BCUT2D eigenvalue weighted by Crippen LogP contribution is 2.46. The van der Waals surface area contributed by atoms with Crippen molar-refractivity contribution < 1.29 is 60.5 Å². The molecule has 1 amide bonds. The van der Waals surface area contributed by atoms with Crippen molar-refractivity contribution in [2.75, 3.05) is 79.3 Å². The monoisotopic (exact) mass is 1360 g/mol. The molecule has 0 atom stereocenters. The number of amides is 1. The summed E-state index contributed by atoms with van der Waals surface area (Å²) in [5.74, 6) is -3.69. The van der Waals surface area contributed by atoms with Gasteiger partial charge in [0.2, 0.25) is 20.0 Å². The number of carboxylic acids is 3. The molecular formula is C67H80N8O11S4Si2+2. The molecular weight excluding hydrogens is 1280 g/mol. The molecule has 19 nitrogen and oxygen atoms in total. The normalized spacial score (nSPS) is 14.9. The van der Waals surface area contributed by atoms with E-state index in [1.54, 1.807) is 30.3 Å². The van der Waals surface area contributed by atoms with Crippen molar-refractivity contribution in [3.8, 4) is 0 Å². The van der Waals surface area contributed by atoms with E-state index < -0.39 is 54.1 Å². The molecule has 0 saturated carbocycles. The van der Waals surface area contributed by atoms with E-state index in [1.807, 2.05) is 68.5 Å². The number of nitrogens with one attached hydrogen (secondary N) is 1. The summed E-state index contributed by atoms with van der Waals surface area (Å²) < 4.78 is 48.9. The Bertz CT molecular complexity index is 4480. The van der Waals surface area contributed by atoms with Gasteiger partial charge in [-0.25, -0.2) is 50.6 Å². The van der Waals surface area contributed by atoms with Crippen LogP contribution in [-0.2, 0) is 32.9 Å². The van der Waals surface area contributed by atoms with Crippen molar-refractivity contribution in [1.29, 1.82) is 0 Å². The highest BCUT2D eigenvalue weighted by atomic mass is 32.2. The molecule has 0 saturated heterocycles.